The van der Waals surface area contributed by atoms with Crippen molar-refractivity contribution in [2.45, 2.75) is 19.4 Å². The second kappa shape index (κ2) is 9.76. The number of nitrogens with zero attached hydrogens (tertiary/aromatic N) is 2. The first kappa shape index (κ1) is 20.4. The Hall–Kier alpha value is -3.86. The van der Waals surface area contributed by atoms with Gasteiger partial charge in [0.05, 0.1) is 11.9 Å². The quantitative estimate of drug-likeness (QED) is 0.459. The lowest BCUT2D eigenvalue weighted by Gasteiger charge is -2.15. The van der Waals surface area contributed by atoms with Gasteiger partial charge in [-0.05, 0) is 54.3 Å². The fraction of sp³-hybridized carbons (Fsp3) is 0.154. The zero-order valence-corrected chi connectivity index (χ0v) is 17.4. The Labute approximate surface area is 182 Å². The molecule has 156 valence electrons. The molecular formula is C26H25N3O2. The Morgan fingerprint density at radius 1 is 0.935 bits per heavy atom. The van der Waals surface area contributed by atoms with Crippen molar-refractivity contribution in [3.63, 3.8) is 0 Å². The van der Waals surface area contributed by atoms with Crippen LogP contribution in [0.4, 0.5) is 0 Å². The highest BCUT2D eigenvalue weighted by Crippen LogP contribution is 2.22. The average molecular weight is 412 g/mol. The van der Waals surface area contributed by atoms with Crippen LogP contribution in [0.1, 0.15) is 12.5 Å². The van der Waals surface area contributed by atoms with Crippen molar-refractivity contribution in [2.75, 3.05) is 6.54 Å². The summed E-state index contributed by atoms with van der Waals surface area (Å²) in [5.41, 5.74) is 4.34. The van der Waals surface area contributed by atoms with E-state index in [1.807, 2.05) is 89.9 Å². The van der Waals surface area contributed by atoms with Crippen LogP contribution in [0.3, 0.4) is 0 Å². The molecular weight excluding hydrogens is 386 g/mol. The summed E-state index contributed by atoms with van der Waals surface area (Å²) >= 11 is 0. The number of ether oxygens (including phenoxy) is 1. The van der Waals surface area contributed by atoms with E-state index in [1.54, 1.807) is 6.92 Å². The number of nitrogens with one attached hydrogen (secondary N) is 1. The van der Waals surface area contributed by atoms with E-state index in [9.17, 15) is 4.79 Å². The van der Waals surface area contributed by atoms with Crippen molar-refractivity contribution in [3.8, 4) is 22.6 Å². The summed E-state index contributed by atoms with van der Waals surface area (Å²) < 4.78 is 7.64. The minimum atomic E-state index is -0.574. The summed E-state index contributed by atoms with van der Waals surface area (Å²) in [5.74, 6) is 0.536. The lowest BCUT2D eigenvalue weighted by Crippen LogP contribution is -2.37. The molecule has 1 amide bonds. The van der Waals surface area contributed by atoms with Gasteiger partial charge < -0.3 is 10.1 Å². The van der Waals surface area contributed by atoms with Gasteiger partial charge in [-0.2, -0.15) is 5.10 Å². The minimum absolute atomic E-state index is 0.136. The Morgan fingerprint density at radius 2 is 1.58 bits per heavy atom. The maximum Gasteiger partial charge on any atom is 0.260 e. The van der Waals surface area contributed by atoms with Crippen LogP contribution < -0.4 is 10.1 Å². The topological polar surface area (TPSA) is 56.1 Å². The van der Waals surface area contributed by atoms with Crippen molar-refractivity contribution in [1.82, 2.24) is 15.1 Å². The number of carbonyl (C=O) groups is 1. The molecule has 0 aliphatic rings. The van der Waals surface area contributed by atoms with Crippen LogP contribution >= 0.6 is 0 Å². The van der Waals surface area contributed by atoms with Crippen molar-refractivity contribution >= 4 is 5.91 Å². The van der Waals surface area contributed by atoms with Gasteiger partial charge in [0.15, 0.2) is 6.10 Å². The van der Waals surface area contributed by atoms with E-state index in [-0.39, 0.29) is 5.91 Å². The first-order valence-corrected chi connectivity index (χ1v) is 10.4. The van der Waals surface area contributed by atoms with Crippen molar-refractivity contribution < 1.29 is 9.53 Å². The number of rotatable bonds is 8. The largest absolute Gasteiger partial charge is 0.481 e. The standard InChI is InChI=1S/C26H25N3O2/c1-20(31-25-14-12-23(13-15-25)22-8-4-2-5-9-22)26(30)27-17-16-21-18-28-29(19-21)24-10-6-3-7-11-24/h2-15,18-20H,16-17H2,1H3,(H,27,30)/t20-/m1/s1. The van der Waals surface area contributed by atoms with Crippen LogP contribution in [-0.4, -0.2) is 28.3 Å². The highest BCUT2D eigenvalue weighted by Gasteiger charge is 2.14. The summed E-state index contributed by atoms with van der Waals surface area (Å²) in [6.45, 7) is 2.29. The van der Waals surface area contributed by atoms with Crippen LogP contribution in [0, 0.1) is 0 Å². The van der Waals surface area contributed by atoms with Gasteiger partial charge in [0, 0.05) is 12.7 Å². The first-order valence-electron chi connectivity index (χ1n) is 10.4. The molecule has 0 aliphatic carbocycles. The third-order valence-corrected chi connectivity index (χ3v) is 5.01. The minimum Gasteiger partial charge on any atom is -0.481 e. The molecule has 4 rings (SSSR count). The average Bonchev–Trinajstić information content (AvgIpc) is 3.29. The van der Waals surface area contributed by atoms with E-state index in [1.165, 1.54) is 0 Å². The van der Waals surface area contributed by atoms with E-state index in [0.717, 1.165) is 22.4 Å². The van der Waals surface area contributed by atoms with Gasteiger partial charge in [-0.3, -0.25) is 4.79 Å². The highest BCUT2D eigenvalue weighted by atomic mass is 16.5. The third-order valence-electron chi connectivity index (χ3n) is 5.01. The lowest BCUT2D eigenvalue weighted by molar-refractivity contribution is -0.127. The van der Waals surface area contributed by atoms with E-state index in [2.05, 4.69) is 22.5 Å². The molecule has 1 N–H and O–H groups in total. The van der Waals surface area contributed by atoms with Crippen molar-refractivity contribution in [3.05, 3.63) is 103 Å². The van der Waals surface area contributed by atoms with E-state index < -0.39 is 6.10 Å². The molecule has 1 atom stereocenters. The molecule has 0 saturated carbocycles. The molecule has 5 heteroatoms. The van der Waals surface area contributed by atoms with Crippen LogP contribution in [0.2, 0.25) is 0 Å². The monoisotopic (exact) mass is 411 g/mol. The number of para-hydroxylation sites is 1. The zero-order valence-electron chi connectivity index (χ0n) is 17.4. The number of amides is 1. The third kappa shape index (κ3) is 5.39. The van der Waals surface area contributed by atoms with Gasteiger partial charge in [-0.1, -0.05) is 60.7 Å². The highest BCUT2D eigenvalue weighted by molar-refractivity contribution is 5.80. The van der Waals surface area contributed by atoms with Crippen LogP contribution in [0.15, 0.2) is 97.3 Å². The van der Waals surface area contributed by atoms with Gasteiger partial charge in [-0.15, -0.1) is 0 Å². The molecule has 0 fully saturated rings. The molecule has 0 saturated heterocycles. The van der Waals surface area contributed by atoms with Crippen LogP contribution in [0.25, 0.3) is 16.8 Å². The Morgan fingerprint density at radius 3 is 2.29 bits per heavy atom. The number of benzene rings is 3. The molecule has 0 bridgehead atoms. The molecule has 5 nitrogen and oxygen atoms in total. The van der Waals surface area contributed by atoms with Gasteiger partial charge in [0.1, 0.15) is 5.75 Å². The smallest absolute Gasteiger partial charge is 0.260 e. The Balaban J connectivity index is 1.25. The number of hydrogen-bond acceptors (Lipinski definition) is 3. The van der Waals surface area contributed by atoms with Crippen molar-refractivity contribution in [1.29, 1.82) is 0 Å². The predicted molar refractivity (Wildman–Crippen MR) is 122 cm³/mol. The maximum atomic E-state index is 12.4. The van der Waals surface area contributed by atoms with E-state index in [4.69, 9.17) is 4.74 Å². The number of aromatic nitrogens is 2. The fourth-order valence-electron chi connectivity index (χ4n) is 3.30. The zero-order chi connectivity index (χ0) is 21.5. The molecule has 0 aliphatic heterocycles. The molecule has 1 heterocycles. The number of hydrogen-bond donors (Lipinski definition) is 1. The van der Waals surface area contributed by atoms with Gasteiger partial charge >= 0.3 is 0 Å². The Kier molecular flexibility index (Phi) is 6.43. The summed E-state index contributed by atoms with van der Waals surface area (Å²) in [4.78, 5) is 12.4. The predicted octanol–water partition coefficient (Wildman–Crippen LogP) is 4.67. The van der Waals surface area contributed by atoms with E-state index >= 15 is 0 Å². The summed E-state index contributed by atoms with van der Waals surface area (Å²) in [6.07, 6.45) is 3.94. The maximum absolute atomic E-state index is 12.4. The first-order chi connectivity index (χ1) is 15.2. The van der Waals surface area contributed by atoms with Crippen molar-refractivity contribution in [2.24, 2.45) is 0 Å². The van der Waals surface area contributed by atoms with Gasteiger partial charge in [0.2, 0.25) is 0 Å². The summed E-state index contributed by atoms with van der Waals surface area (Å²) in [6, 6.07) is 27.9. The Bertz CT molecular complexity index is 1110. The molecule has 3 aromatic carbocycles. The number of carbonyl (C=O) groups excluding carboxylic acids is 1. The lowest BCUT2D eigenvalue weighted by atomic mass is 10.1. The molecule has 1 aromatic heterocycles. The second-order valence-electron chi connectivity index (χ2n) is 7.32. The van der Waals surface area contributed by atoms with Gasteiger partial charge in [-0.25, -0.2) is 4.68 Å². The van der Waals surface area contributed by atoms with Crippen LogP contribution in [-0.2, 0) is 11.2 Å². The molecule has 4 aromatic rings. The molecule has 0 radical (unpaired) electrons. The second-order valence-corrected chi connectivity index (χ2v) is 7.32. The molecule has 0 unspecified atom stereocenters. The van der Waals surface area contributed by atoms with Gasteiger partial charge in [0.25, 0.3) is 5.91 Å². The summed E-state index contributed by atoms with van der Waals surface area (Å²) in [5, 5.41) is 7.32. The van der Waals surface area contributed by atoms with Crippen LogP contribution in [0.5, 0.6) is 5.75 Å². The summed E-state index contributed by atoms with van der Waals surface area (Å²) in [7, 11) is 0. The molecule has 0 spiro atoms. The molecule has 31 heavy (non-hydrogen) atoms. The SMILES string of the molecule is C[C@@H](Oc1ccc(-c2ccccc2)cc1)C(=O)NCCc1cnn(-c2ccccc2)c1. The van der Waals surface area contributed by atoms with E-state index in [0.29, 0.717) is 18.7 Å². The normalized spacial score (nSPS) is 11.6. The fourth-order valence-corrected chi connectivity index (χ4v) is 3.30.